The van der Waals surface area contributed by atoms with Crippen molar-refractivity contribution < 1.29 is 13.2 Å². The number of nitrogens with zero attached hydrogens (tertiary/aromatic N) is 1. The smallest absolute Gasteiger partial charge is 0.257 e. The first kappa shape index (κ1) is 12.8. The highest BCUT2D eigenvalue weighted by Gasteiger charge is 2.20. The van der Waals surface area contributed by atoms with E-state index in [1.54, 1.807) is 20.2 Å². The fourth-order valence-electron chi connectivity index (χ4n) is 1.19. The molecule has 3 N–H and O–H groups in total. The van der Waals surface area contributed by atoms with Gasteiger partial charge in [0.2, 0.25) is 0 Å². The molecular formula is C9H15N3O3S. The van der Waals surface area contributed by atoms with Gasteiger partial charge in [-0.3, -0.25) is 0 Å². The fraction of sp³-hybridized carbons (Fsp3) is 0.333. The molecule has 0 aliphatic heterocycles. The van der Waals surface area contributed by atoms with E-state index in [1.165, 1.54) is 24.3 Å². The van der Waals surface area contributed by atoms with Crippen LogP contribution in [0.4, 0.5) is 5.69 Å². The molecule has 0 aromatic heterocycles. The van der Waals surface area contributed by atoms with Gasteiger partial charge in [-0.25, -0.2) is 13.4 Å². The summed E-state index contributed by atoms with van der Waals surface area (Å²) in [6, 6.07) is 4.44. The zero-order chi connectivity index (χ0) is 12.3. The Morgan fingerprint density at radius 2 is 2.00 bits per heavy atom. The molecular weight excluding hydrogens is 230 g/mol. The summed E-state index contributed by atoms with van der Waals surface area (Å²) in [6.45, 7) is 0. The van der Waals surface area contributed by atoms with Crippen molar-refractivity contribution in [2.75, 3.05) is 26.9 Å². The Labute approximate surface area is 95.0 Å². The summed E-state index contributed by atoms with van der Waals surface area (Å²) in [5.74, 6) is 0.253. The lowest BCUT2D eigenvalue weighted by Crippen LogP contribution is -2.36. The molecule has 1 aromatic carbocycles. The van der Waals surface area contributed by atoms with Gasteiger partial charge in [0.05, 0.1) is 7.11 Å². The van der Waals surface area contributed by atoms with Crippen molar-refractivity contribution in [2.45, 2.75) is 4.90 Å². The number of hydrazine groups is 1. The maximum atomic E-state index is 11.9. The molecule has 0 amide bonds. The van der Waals surface area contributed by atoms with E-state index in [4.69, 9.17) is 10.5 Å². The number of rotatable bonds is 4. The molecule has 90 valence electrons. The summed E-state index contributed by atoms with van der Waals surface area (Å²) in [6.07, 6.45) is 0. The van der Waals surface area contributed by atoms with Crippen LogP contribution >= 0.6 is 0 Å². The van der Waals surface area contributed by atoms with Crippen molar-refractivity contribution in [2.24, 2.45) is 0 Å². The number of sulfonamides is 1. The molecule has 0 heterocycles. The zero-order valence-electron chi connectivity index (χ0n) is 9.39. The van der Waals surface area contributed by atoms with Crippen LogP contribution in [0.3, 0.4) is 0 Å². The summed E-state index contributed by atoms with van der Waals surface area (Å²) >= 11 is 0. The first-order valence-electron chi connectivity index (χ1n) is 4.50. The van der Waals surface area contributed by atoms with Crippen molar-refractivity contribution in [3.63, 3.8) is 0 Å². The molecule has 0 fully saturated rings. The molecule has 0 radical (unpaired) electrons. The Kier molecular flexibility index (Phi) is 3.74. The van der Waals surface area contributed by atoms with Crippen LogP contribution in [0.15, 0.2) is 23.1 Å². The van der Waals surface area contributed by atoms with Crippen molar-refractivity contribution in [3.8, 4) is 5.75 Å². The average molecular weight is 245 g/mol. The van der Waals surface area contributed by atoms with Crippen LogP contribution in [0, 0.1) is 0 Å². The molecule has 1 rings (SSSR count). The van der Waals surface area contributed by atoms with Crippen molar-refractivity contribution in [3.05, 3.63) is 18.2 Å². The summed E-state index contributed by atoms with van der Waals surface area (Å²) < 4.78 is 28.7. The minimum Gasteiger partial charge on any atom is -0.495 e. The Morgan fingerprint density at radius 3 is 2.50 bits per heavy atom. The molecule has 0 atom stereocenters. The third-order valence-electron chi connectivity index (χ3n) is 1.78. The Morgan fingerprint density at radius 1 is 1.38 bits per heavy atom. The lowest BCUT2D eigenvalue weighted by Gasteiger charge is -2.15. The number of hydrogen-bond acceptors (Lipinski definition) is 5. The first-order valence-corrected chi connectivity index (χ1v) is 5.98. The Balaban J connectivity index is 3.25. The summed E-state index contributed by atoms with van der Waals surface area (Å²) in [7, 11) is 0.908. The van der Waals surface area contributed by atoms with Gasteiger partial charge in [-0.1, -0.05) is 0 Å². The second kappa shape index (κ2) is 4.69. The largest absolute Gasteiger partial charge is 0.495 e. The number of hydrogen-bond donors (Lipinski definition) is 2. The van der Waals surface area contributed by atoms with Crippen molar-refractivity contribution >= 4 is 15.7 Å². The van der Waals surface area contributed by atoms with Crippen LogP contribution in [0.5, 0.6) is 5.75 Å². The molecule has 0 saturated carbocycles. The predicted molar refractivity (Wildman–Crippen MR) is 61.4 cm³/mol. The third kappa shape index (κ3) is 2.84. The summed E-state index contributed by atoms with van der Waals surface area (Å²) in [5, 5.41) is 1.33. The van der Waals surface area contributed by atoms with E-state index in [9.17, 15) is 8.42 Å². The molecule has 16 heavy (non-hydrogen) atoms. The highest BCUT2D eigenvalue weighted by Crippen LogP contribution is 2.25. The SMILES string of the molecule is COc1ccc(N)cc1S(=O)(=O)NN(C)C. The summed E-state index contributed by atoms with van der Waals surface area (Å²) in [5.41, 5.74) is 5.91. The number of nitrogen functional groups attached to an aromatic ring is 1. The van der Waals surface area contributed by atoms with Gasteiger partial charge in [0.25, 0.3) is 10.0 Å². The van der Waals surface area contributed by atoms with E-state index >= 15 is 0 Å². The average Bonchev–Trinajstić information content (AvgIpc) is 2.15. The van der Waals surface area contributed by atoms with Gasteiger partial charge in [0, 0.05) is 19.8 Å². The van der Waals surface area contributed by atoms with Crippen LogP contribution in [0.1, 0.15) is 0 Å². The number of nitrogens with two attached hydrogens (primary N) is 1. The van der Waals surface area contributed by atoms with Crippen LogP contribution in [0.25, 0.3) is 0 Å². The van der Waals surface area contributed by atoms with Gasteiger partial charge < -0.3 is 10.5 Å². The number of anilines is 1. The van der Waals surface area contributed by atoms with E-state index in [1.807, 2.05) is 0 Å². The topological polar surface area (TPSA) is 84.7 Å². The second-order valence-electron chi connectivity index (χ2n) is 3.40. The van der Waals surface area contributed by atoms with Crippen LogP contribution in [-0.2, 0) is 10.0 Å². The predicted octanol–water partition coefficient (Wildman–Crippen LogP) is 0.0323. The number of benzene rings is 1. The molecule has 0 aliphatic carbocycles. The van der Waals surface area contributed by atoms with Gasteiger partial charge in [-0.05, 0) is 18.2 Å². The van der Waals surface area contributed by atoms with Gasteiger partial charge in [0.1, 0.15) is 10.6 Å². The lowest BCUT2D eigenvalue weighted by atomic mass is 10.3. The number of ether oxygens (including phenoxy) is 1. The highest BCUT2D eigenvalue weighted by atomic mass is 32.2. The molecule has 1 aromatic rings. The number of nitrogens with one attached hydrogen (secondary N) is 1. The van der Waals surface area contributed by atoms with E-state index in [0.717, 1.165) is 0 Å². The van der Waals surface area contributed by atoms with Crippen LogP contribution in [-0.4, -0.2) is 34.6 Å². The molecule has 0 saturated heterocycles. The van der Waals surface area contributed by atoms with E-state index < -0.39 is 10.0 Å². The van der Waals surface area contributed by atoms with Crippen LogP contribution < -0.4 is 15.3 Å². The monoisotopic (exact) mass is 245 g/mol. The summed E-state index contributed by atoms with van der Waals surface area (Å²) in [4.78, 5) is 2.32. The molecule has 6 nitrogen and oxygen atoms in total. The minimum absolute atomic E-state index is 0.0173. The normalized spacial score (nSPS) is 11.8. The van der Waals surface area contributed by atoms with Gasteiger partial charge in [-0.2, -0.15) is 0 Å². The quantitative estimate of drug-likeness (QED) is 0.577. The van der Waals surface area contributed by atoms with E-state index in [0.29, 0.717) is 5.69 Å². The molecule has 0 bridgehead atoms. The molecule has 0 unspecified atom stereocenters. The first-order chi connectivity index (χ1) is 7.36. The number of methoxy groups -OCH3 is 1. The van der Waals surface area contributed by atoms with E-state index in [-0.39, 0.29) is 10.6 Å². The van der Waals surface area contributed by atoms with Crippen molar-refractivity contribution in [1.82, 2.24) is 9.84 Å². The lowest BCUT2D eigenvalue weighted by molar-refractivity contribution is 0.360. The van der Waals surface area contributed by atoms with Gasteiger partial charge >= 0.3 is 0 Å². The van der Waals surface area contributed by atoms with Crippen LogP contribution in [0.2, 0.25) is 0 Å². The van der Waals surface area contributed by atoms with E-state index in [2.05, 4.69) is 4.83 Å². The maximum absolute atomic E-state index is 11.9. The Bertz CT molecular complexity index is 471. The highest BCUT2D eigenvalue weighted by molar-refractivity contribution is 7.89. The molecule has 0 aliphatic rings. The van der Waals surface area contributed by atoms with Gasteiger partial charge in [-0.15, -0.1) is 4.83 Å². The molecule has 0 spiro atoms. The fourth-order valence-corrected chi connectivity index (χ4v) is 2.48. The van der Waals surface area contributed by atoms with Gasteiger partial charge in [0.15, 0.2) is 0 Å². The molecule has 7 heteroatoms. The zero-order valence-corrected chi connectivity index (χ0v) is 10.2. The maximum Gasteiger partial charge on any atom is 0.257 e. The standard InChI is InChI=1S/C9H15N3O3S/c1-12(2)11-16(13,14)9-6-7(10)4-5-8(9)15-3/h4-6,11H,10H2,1-3H3. The third-order valence-corrected chi connectivity index (χ3v) is 3.28. The minimum atomic E-state index is -3.65. The second-order valence-corrected chi connectivity index (χ2v) is 5.03. The Hall–Kier alpha value is -1.31. The van der Waals surface area contributed by atoms with Crippen molar-refractivity contribution in [1.29, 1.82) is 0 Å².